The number of nitrogens with zero attached hydrogens (tertiary/aromatic N) is 1. The molecule has 1 heterocycles. The minimum absolute atomic E-state index is 0.255. The normalized spacial score (nSPS) is 14.0. The Labute approximate surface area is 210 Å². The summed E-state index contributed by atoms with van der Waals surface area (Å²) in [5.74, 6) is -0.698. The van der Waals surface area contributed by atoms with Gasteiger partial charge in [0.1, 0.15) is 6.54 Å². The number of para-hydroxylation sites is 1. The van der Waals surface area contributed by atoms with E-state index in [9.17, 15) is 18.0 Å². The van der Waals surface area contributed by atoms with Gasteiger partial charge in [0.25, 0.3) is 5.91 Å². The third kappa shape index (κ3) is 5.24. The van der Waals surface area contributed by atoms with E-state index in [0.29, 0.717) is 34.9 Å². The first-order chi connectivity index (χ1) is 17.2. The summed E-state index contributed by atoms with van der Waals surface area (Å²) in [4.78, 5) is 25.0. The lowest BCUT2D eigenvalue weighted by molar-refractivity contribution is -0.119. The zero-order valence-electron chi connectivity index (χ0n) is 19.9. The molecule has 10 heteroatoms. The second-order valence-electron chi connectivity index (χ2n) is 8.27. The smallest absolute Gasteiger partial charge is 0.258 e. The van der Waals surface area contributed by atoms with Crippen LogP contribution in [0.1, 0.15) is 16.7 Å². The van der Waals surface area contributed by atoms with Gasteiger partial charge in [-0.05, 0) is 35.4 Å². The Balaban J connectivity index is 1.82. The molecular formula is C26H27N5O4S. The maximum Gasteiger partial charge on any atom is 0.258 e. The summed E-state index contributed by atoms with van der Waals surface area (Å²) in [7, 11) is -2.29. The van der Waals surface area contributed by atoms with Crippen LogP contribution in [0.15, 0.2) is 72.8 Å². The van der Waals surface area contributed by atoms with Crippen molar-refractivity contribution in [2.45, 2.75) is 6.54 Å². The van der Waals surface area contributed by atoms with E-state index in [1.807, 2.05) is 48.5 Å². The van der Waals surface area contributed by atoms with E-state index in [1.165, 1.54) is 7.05 Å². The minimum Gasteiger partial charge on any atom is -0.358 e. The molecule has 1 aliphatic heterocycles. The van der Waals surface area contributed by atoms with E-state index in [1.54, 1.807) is 24.3 Å². The van der Waals surface area contributed by atoms with E-state index >= 15 is 0 Å². The number of carbonyl (C=O) groups excluding carboxylic acids is 2. The van der Waals surface area contributed by atoms with Crippen LogP contribution in [0.3, 0.4) is 0 Å². The molecule has 0 fully saturated rings. The molecule has 0 saturated carbocycles. The largest absolute Gasteiger partial charge is 0.358 e. The van der Waals surface area contributed by atoms with Crippen molar-refractivity contribution in [2.24, 2.45) is 5.73 Å². The molecule has 4 rings (SSSR count). The molecule has 3 aromatic rings. The van der Waals surface area contributed by atoms with Crippen LogP contribution in [0.4, 0.5) is 17.1 Å². The maximum atomic E-state index is 13.1. The fraction of sp³-hybridized carbons (Fsp3) is 0.154. The van der Waals surface area contributed by atoms with Crippen LogP contribution in [0.5, 0.6) is 0 Å². The average molecular weight is 506 g/mol. The van der Waals surface area contributed by atoms with E-state index in [0.717, 1.165) is 27.3 Å². The summed E-state index contributed by atoms with van der Waals surface area (Å²) in [5.41, 5.74) is 10.8. The molecule has 0 spiro atoms. The number of fused-ring (bicyclic) bond motifs is 1. The van der Waals surface area contributed by atoms with Crippen LogP contribution in [-0.4, -0.2) is 40.1 Å². The van der Waals surface area contributed by atoms with E-state index in [4.69, 9.17) is 5.73 Å². The van der Waals surface area contributed by atoms with Crippen LogP contribution in [0, 0.1) is 0 Å². The van der Waals surface area contributed by atoms with Gasteiger partial charge in [0.05, 0.1) is 23.2 Å². The van der Waals surface area contributed by atoms with Crippen molar-refractivity contribution in [1.82, 2.24) is 5.32 Å². The van der Waals surface area contributed by atoms with Crippen LogP contribution in [0.2, 0.25) is 0 Å². The lowest BCUT2D eigenvalue weighted by Crippen LogP contribution is -2.39. The highest BCUT2D eigenvalue weighted by Gasteiger charge is 2.28. The maximum absolute atomic E-state index is 13.1. The molecule has 0 radical (unpaired) electrons. The molecule has 5 N–H and O–H groups in total. The first-order valence-electron chi connectivity index (χ1n) is 11.2. The molecule has 0 unspecified atom stereocenters. The highest BCUT2D eigenvalue weighted by molar-refractivity contribution is 7.92. The number of anilines is 3. The molecule has 36 heavy (non-hydrogen) atoms. The number of nitrogens with one attached hydrogen (secondary N) is 3. The number of benzene rings is 3. The van der Waals surface area contributed by atoms with E-state index < -0.39 is 15.9 Å². The second-order valence-corrected chi connectivity index (χ2v) is 10.2. The number of rotatable bonds is 8. The van der Waals surface area contributed by atoms with Crippen molar-refractivity contribution >= 4 is 50.2 Å². The molecule has 0 aliphatic carbocycles. The lowest BCUT2D eigenvalue weighted by atomic mass is 9.99. The summed E-state index contributed by atoms with van der Waals surface area (Å²) in [6, 6.07) is 21.6. The number of hydrogen-bond acceptors (Lipinski definition) is 6. The Bertz CT molecular complexity index is 1450. The van der Waals surface area contributed by atoms with Crippen LogP contribution in [0.25, 0.3) is 11.3 Å². The summed E-state index contributed by atoms with van der Waals surface area (Å²) in [6.07, 6.45) is 1.04. The molecular weight excluding hydrogens is 478 g/mol. The van der Waals surface area contributed by atoms with Gasteiger partial charge in [0.2, 0.25) is 15.9 Å². The zero-order valence-corrected chi connectivity index (χ0v) is 20.7. The molecule has 2 amide bonds. The summed E-state index contributed by atoms with van der Waals surface area (Å²) < 4.78 is 25.9. The van der Waals surface area contributed by atoms with Crippen LogP contribution < -0.4 is 26.0 Å². The Morgan fingerprint density at radius 1 is 1.03 bits per heavy atom. The van der Waals surface area contributed by atoms with Crippen molar-refractivity contribution < 1.29 is 18.0 Å². The highest BCUT2D eigenvalue weighted by atomic mass is 32.2. The van der Waals surface area contributed by atoms with Gasteiger partial charge in [-0.2, -0.15) is 0 Å². The molecule has 1 aliphatic rings. The molecule has 0 atom stereocenters. The van der Waals surface area contributed by atoms with Gasteiger partial charge >= 0.3 is 0 Å². The highest BCUT2D eigenvalue weighted by Crippen LogP contribution is 2.37. The molecule has 0 aromatic heterocycles. The quantitative estimate of drug-likeness (QED) is 0.348. The molecule has 0 saturated heterocycles. The summed E-state index contributed by atoms with van der Waals surface area (Å²) >= 11 is 0. The third-order valence-corrected chi connectivity index (χ3v) is 6.91. The van der Waals surface area contributed by atoms with Crippen molar-refractivity contribution in [3.05, 3.63) is 89.5 Å². The average Bonchev–Trinajstić information content (AvgIpc) is 3.20. The van der Waals surface area contributed by atoms with Gasteiger partial charge in [0, 0.05) is 30.5 Å². The molecule has 9 nitrogen and oxygen atoms in total. The Kier molecular flexibility index (Phi) is 7.09. The number of nitrogens with two attached hydrogens (primary N) is 1. The predicted octanol–water partition coefficient (Wildman–Crippen LogP) is 2.59. The number of hydrogen-bond donors (Lipinski definition) is 4. The lowest BCUT2D eigenvalue weighted by Gasteiger charge is -2.23. The van der Waals surface area contributed by atoms with Crippen LogP contribution >= 0.6 is 0 Å². The minimum atomic E-state index is -3.74. The van der Waals surface area contributed by atoms with E-state index in [2.05, 4.69) is 16.0 Å². The predicted molar refractivity (Wildman–Crippen MR) is 143 cm³/mol. The SMILES string of the molecule is CNC(=O)CN(c1cccc(N/C(=C2\C(=O)Nc3ccccc32)c2ccc(CN)cc2)c1)S(C)(=O)=O. The zero-order chi connectivity index (χ0) is 25.9. The first-order valence-corrected chi connectivity index (χ1v) is 13.1. The van der Waals surface area contributed by atoms with Gasteiger partial charge < -0.3 is 21.7 Å². The number of carbonyl (C=O) groups is 2. The molecule has 0 bridgehead atoms. The fourth-order valence-corrected chi connectivity index (χ4v) is 4.79. The topological polar surface area (TPSA) is 134 Å². The number of sulfonamides is 1. The second kappa shape index (κ2) is 10.2. The van der Waals surface area contributed by atoms with Gasteiger partial charge in [-0.3, -0.25) is 13.9 Å². The molecule has 186 valence electrons. The summed E-state index contributed by atoms with van der Waals surface area (Å²) in [5, 5.41) is 8.67. The Hall–Kier alpha value is -4.15. The fourth-order valence-electron chi connectivity index (χ4n) is 3.94. The van der Waals surface area contributed by atoms with E-state index in [-0.39, 0.29) is 12.5 Å². The van der Waals surface area contributed by atoms with Crippen molar-refractivity contribution in [3.63, 3.8) is 0 Å². The summed E-state index contributed by atoms with van der Waals surface area (Å²) in [6.45, 7) is 0.0285. The first kappa shape index (κ1) is 25.0. The van der Waals surface area contributed by atoms with Gasteiger partial charge in [-0.15, -0.1) is 0 Å². The van der Waals surface area contributed by atoms with Crippen molar-refractivity contribution in [1.29, 1.82) is 0 Å². The van der Waals surface area contributed by atoms with Gasteiger partial charge in [0.15, 0.2) is 0 Å². The number of amides is 2. The number of likely N-dealkylation sites (N-methyl/N-ethyl adjacent to an activating group) is 1. The monoisotopic (exact) mass is 505 g/mol. The van der Waals surface area contributed by atoms with Gasteiger partial charge in [-0.1, -0.05) is 48.5 Å². The Morgan fingerprint density at radius 3 is 2.42 bits per heavy atom. The van der Waals surface area contributed by atoms with Crippen LogP contribution in [-0.2, 0) is 26.2 Å². The van der Waals surface area contributed by atoms with Gasteiger partial charge in [-0.25, -0.2) is 8.42 Å². The molecule has 3 aromatic carbocycles. The van der Waals surface area contributed by atoms with Crippen molar-refractivity contribution in [2.75, 3.05) is 34.8 Å². The Morgan fingerprint density at radius 2 is 1.75 bits per heavy atom. The van der Waals surface area contributed by atoms with Crippen molar-refractivity contribution in [3.8, 4) is 0 Å². The third-order valence-electron chi connectivity index (χ3n) is 5.77. The standard InChI is InChI=1S/C26H27N5O4S/c1-28-23(32)16-31(36(2,34)35)20-7-5-6-19(14-20)29-25(18-12-10-17(15-27)11-13-18)24-21-8-3-4-9-22(21)30-26(24)33/h3-14,29H,15-16,27H2,1-2H3,(H,28,32)(H,30,33)/b25-24-.